The molecule has 1 saturated heterocycles. The van der Waals surface area contributed by atoms with Gasteiger partial charge in [0, 0.05) is 24.8 Å². The van der Waals surface area contributed by atoms with Crippen molar-refractivity contribution in [3.8, 4) is 17.1 Å². The lowest BCUT2D eigenvalue weighted by molar-refractivity contribution is 0.250. The molecule has 0 radical (unpaired) electrons. The van der Waals surface area contributed by atoms with E-state index in [1.807, 2.05) is 67.7 Å². The van der Waals surface area contributed by atoms with Crippen molar-refractivity contribution in [2.45, 2.75) is 19.0 Å². The average molecular weight is 437 g/mol. The van der Waals surface area contributed by atoms with Crippen molar-refractivity contribution in [2.24, 2.45) is 0 Å². The minimum Gasteiger partial charge on any atom is -0.494 e. The normalized spacial score (nSPS) is 18.5. The van der Waals surface area contributed by atoms with Gasteiger partial charge >= 0.3 is 0 Å². The number of benzene rings is 1. The summed E-state index contributed by atoms with van der Waals surface area (Å²) in [6, 6.07) is 17.8. The van der Waals surface area contributed by atoms with E-state index in [-0.39, 0.29) is 12.1 Å². The quantitative estimate of drug-likeness (QED) is 0.529. The predicted molar refractivity (Wildman–Crippen MR) is 126 cm³/mol. The van der Waals surface area contributed by atoms with E-state index < -0.39 is 0 Å². The Morgan fingerprint density at radius 3 is 2.61 bits per heavy atom. The third-order valence-corrected chi connectivity index (χ3v) is 5.71. The molecule has 0 unspecified atom stereocenters. The van der Waals surface area contributed by atoms with Crippen LogP contribution in [0, 0.1) is 0 Å². The molecule has 0 saturated carbocycles. The second kappa shape index (κ2) is 9.49. The first-order valence-electron chi connectivity index (χ1n) is 10.5. The molecule has 3 heterocycles. The highest BCUT2D eigenvalue weighted by molar-refractivity contribution is 7.80. The molecule has 7 heteroatoms. The summed E-state index contributed by atoms with van der Waals surface area (Å²) in [6.45, 7) is 4.31. The molecule has 162 valence electrons. The van der Waals surface area contributed by atoms with Crippen molar-refractivity contribution in [3.05, 3.63) is 72.2 Å². The highest BCUT2D eigenvalue weighted by atomic mass is 32.1. The topological polar surface area (TPSA) is 53.8 Å². The predicted octanol–water partition coefficient (Wildman–Crippen LogP) is 4.27. The number of thiocarbonyl (C=S) groups is 1. The van der Waals surface area contributed by atoms with E-state index in [0.29, 0.717) is 6.61 Å². The maximum atomic E-state index is 6.37. The van der Waals surface area contributed by atoms with Crippen molar-refractivity contribution in [2.75, 3.05) is 33.8 Å². The van der Waals surface area contributed by atoms with Gasteiger partial charge in [0.25, 0.3) is 0 Å². The first kappa shape index (κ1) is 21.3. The Labute approximate surface area is 188 Å². The largest absolute Gasteiger partial charge is 0.494 e. The van der Waals surface area contributed by atoms with Crippen molar-refractivity contribution in [1.29, 1.82) is 0 Å². The Balaban J connectivity index is 1.65. The minimum atomic E-state index is -0.0739. The van der Waals surface area contributed by atoms with E-state index in [0.717, 1.165) is 46.7 Å². The van der Waals surface area contributed by atoms with Gasteiger partial charge in [-0.25, -0.2) is 0 Å². The van der Waals surface area contributed by atoms with Gasteiger partial charge in [-0.05, 0) is 81.8 Å². The zero-order valence-electron chi connectivity index (χ0n) is 18.1. The Hall–Kier alpha value is -2.90. The molecular weight excluding hydrogens is 408 g/mol. The molecule has 1 fully saturated rings. The van der Waals surface area contributed by atoms with Crippen molar-refractivity contribution < 1.29 is 9.15 Å². The van der Waals surface area contributed by atoms with Crippen LogP contribution in [0.3, 0.4) is 0 Å². The van der Waals surface area contributed by atoms with Gasteiger partial charge in [0.2, 0.25) is 0 Å². The summed E-state index contributed by atoms with van der Waals surface area (Å²) in [6.07, 6.45) is 1.81. The summed E-state index contributed by atoms with van der Waals surface area (Å²) < 4.78 is 11.9. The SMILES string of the molecule is CCOc1ccc(-c2ccc([C@@H]3[C@@H](c4ccccn4)NC(=S)N3CCN(C)C)o2)cc1. The van der Waals surface area contributed by atoms with Crippen LogP contribution >= 0.6 is 12.2 Å². The zero-order valence-corrected chi connectivity index (χ0v) is 18.9. The van der Waals surface area contributed by atoms with Gasteiger partial charge in [-0.1, -0.05) is 6.07 Å². The third-order valence-electron chi connectivity index (χ3n) is 5.35. The molecule has 0 spiro atoms. The van der Waals surface area contributed by atoms with Crippen molar-refractivity contribution in [1.82, 2.24) is 20.1 Å². The molecule has 2 aromatic heterocycles. The molecule has 31 heavy (non-hydrogen) atoms. The fourth-order valence-electron chi connectivity index (χ4n) is 3.81. The molecule has 1 N–H and O–H groups in total. The van der Waals surface area contributed by atoms with Crippen LogP contribution in [-0.2, 0) is 0 Å². The Bertz CT molecular complexity index is 1000. The molecule has 3 aromatic rings. The molecule has 1 aliphatic heterocycles. The van der Waals surface area contributed by atoms with E-state index in [1.165, 1.54) is 0 Å². The molecule has 6 nitrogen and oxygen atoms in total. The van der Waals surface area contributed by atoms with Gasteiger partial charge in [-0.3, -0.25) is 4.98 Å². The Morgan fingerprint density at radius 2 is 1.94 bits per heavy atom. The molecule has 4 rings (SSSR count). The second-order valence-electron chi connectivity index (χ2n) is 7.78. The highest BCUT2D eigenvalue weighted by Crippen LogP contribution is 2.40. The van der Waals surface area contributed by atoms with Gasteiger partial charge < -0.3 is 24.3 Å². The van der Waals surface area contributed by atoms with Crippen LogP contribution in [0.4, 0.5) is 0 Å². The average Bonchev–Trinajstić information content (AvgIpc) is 3.38. The Morgan fingerprint density at radius 1 is 1.13 bits per heavy atom. The maximum absolute atomic E-state index is 6.37. The molecule has 0 amide bonds. The first-order valence-corrected chi connectivity index (χ1v) is 10.9. The number of nitrogens with one attached hydrogen (secondary N) is 1. The number of hydrogen-bond acceptors (Lipinski definition) is 5. The highest BCUT2D eigenvalue weighted by Gasteiger charge is 2.41. The van der Waals surface area contributed by atoms with E-state index in [4.69, 9.17) is 21.4 Å². The van der Waals surface area contributed by atoms with Gasteiger partial charge in [-0.15, -0.1) is 0 Å². The number of likely N-dealkylation sites (N-methyl/N-ethyl adjacent to an activating group) is 1. The van der Waals surface area contributed by atoms with Crippen LogP contribution in [0.5, 0.6) is 5.75 Å². The summed E-state index contributed by atoms with van der Waals surface area (Å²) in [7, 11) is 4.13. The van der Waals surface area contributed by atoms with Crippen LogP contribution in [-0.4, -0.2) is 53.7 Å². The van der Waals surface area contributed by atoms with E-state index in [1.54, 1.807) is 0 Å². The van der Waals surface area contributed by atoms with Gasteiger partial charge in [-0.2, -0.15) is 0 Å². The molecule has 1 aromatic carbocycles. The van der Waals surface area contributed by atoms with E-state index in [9.17, 15) is 0 Å². The van der Waals surface area contributed by atoms with E-state index >= 15 is 0 Å². The molecule has 2 atom stereocenters. The van der Waals surface area contributed by atoms with E-state index in [2.05, 4.69) is 34.2 Å². The first-order chi connectivity index (χ1) is 15.1. The second-order valence-corrected chi connectivity index (χ2v) is 8.17. The lowest BCUT2D eigenvalue weighted by atomic mass is 10.0. The smallest absolute Gasteiger partial charge is 0.170 e. The van der Waals surface area contributed by atoms with Gasteiger partial charge in [0.1, 0.15) is 23.3 Å². The lowest BCUT2D eigenvalue weighted by Crippen LogP contribution is -2.35. The van der Waals surface area contributed by atoms with Crippen LogP contribution < -0.4 is 10.1 Å². The van der Waals surface area contributed by atoms with Gasteiger partial charge in [0.15, 0.2) is 5.11 Å². The number of furan rings is 1. The fourth-order valence-corrected chi connectivity index (χ4v) is 4.14. The lowest BCUT2D eigenvalue weighted by Gasteiger charge is -2.27. The number of rotatable bonds is 8. The summed E-state index contributed by atoms with van der Waals surface area (Å²) in [5.74, 6) is 2.54. The van der Waals surface area contributed by atoms with Crippen LogP contribution in [0.2, 0.25) is 0 Å². The zero-order chi connectivity index (χ0) is 21.8. The van der Waals surface area contributed by atoms with Crippen molar-refractivity contribution >= 4 is 17.3 Å². The maximum Gasteiger partial charge on any atom is 0.170 e. The number of nitrogens with zero attached hydrogens (tertiary/aromatic N) is 3. The number of aromatic nitrogens is 1. The van der Waals surface area contributed by atoms with Crippen LogP contribution in [0.1, 0.15) is 30.5 Å². The Kier molecular flexibility index (Phi) is 6.53. The van der Waals surface area contributed by atoms with Crippen LogP contribution in [0.15, 0.2) is 65.2 Å². The fraction of sp³-hybridized carbons (Fsp3) is 0.333. The molecule has 0 aliphatic carbocycles. The number of ether oxygens (including phenoxy) is 1. The molecule has 0 bridgehead atoms. The monoisotopic (exact) mass is 436 g/mol. The summed E-state index contributed by atoms with van der Waals surface area (Å²) in [5, 5.41) is 4.19. The van der Waals surface area contributed by atoms with Crippen molar-refractivity contribution in [3.63, 3.8) is 0 Å². The summed E-state index contributed by atoms with van der Waals surface area (Å²) >= 11 is 5.70. The van der Waals surface area contributed by atoms with Gasteiger partial charge in [0.05, 0.1) is 18.3 Å². The minimum absolute atomic E-state index is 0.0706. The number of hydrogen-bond donors (Lipinski definition) is 1. The standard InChI is InChI=1S/C24H28N4O2S/c1-4-29-18-10-8-17(9-11-18)20-12-13-21(30-20)23-22(19-7-5-6-14-25-19)26-24(31)28(23)16-15-27(2)3/h5-14,22-23H,4,15-16H2,1-3H3,(H,26,31)/t22-,23-/m1/s1. The van der Waals surface area contributed by atoms with Crippen LogP contribution in [0.25, 0.3) is 11.3 Å². The summed E-state index contributed by atoms with van der Waals surface area (Å²) in [5.41, 5.74) is 1.96. The summed E-state index contributed by atoms with van der Waals surface area (Å²) in [4.78, 5) is 8.94. The third kappa shape index (κ3) is 4.73. The molecule has 1 aliphatic rings. The number of pyridine rings is 1. The molecular formula is C24H28N4O2S.